The summed E-state index contributed by atoms with van der Waals surface area (Å²) in [5.74, 6) is 0. The van der Waals surface area contributed by atoms with Crippen LogP contribution in [0.15, 0.2) is 11.6 Å². The molecule has 0 aromatic rings. The zero-order valence-corrected chi connectivity index (χ0v) is 8.68. The molecule has 0 aromatic carbocycles. The molecule has 0 aromatic heterocycles. The molecule has 0 spiro atoms. The maximum absolute atomic E-state index is 5.67. The Morgan fingerprint density at radius 3 is 2.50 bits per heavy atom. The quantitative estimate of drug-likeness (QED) is 0.575. The molecule has 0 amide bonds. The molecule has 70 valence electrons. The predicted octanol–water partition coefficient (Wildman–Crippen LogP) is 3.16. The molecule has 0 saturated carbocycles. The summed E-state index contributed by atoms with van der Waals surface area (Å²) in [6.45, 7) is 9.77. The Hall–Kier alpha value is -0.300. The van der Waals surface area contributed by atoms with E-state index in [0.29, 0.717) is 6.10 Å². The van der Waals surface area contributed by atoms with Gasteiger partial charge in [-0.2, -0.15) is 0 Å². The Morgan fingerprint density at radius 1 is 1.42 bits per heavy atom. The van der Waals surface area contributed by atoms with E-state index in [1.807, 2.05) is 0 Å². The summed E-state index contributed by atoms with van der Waals surface area (Å²) < 4.78 is 5.67. The lowest BCUT2D eigenvalue weighted by Gasteiger charge is -2.27. The van der Waals surface area contributed by atoms with Gasteiger partial charge in [0.15, 0.2) is 0 Å². The predicted molar refractivity (Wildman–Crippen MR) is 52.2 cm³/mol. The van der Waals surface area contributed by atoms with E-state index in [1.165, 1.54) is 18.4 Å². The number of hydrogen-bond donors (Lipinski definition) is 0. The molecule has 1 nitrogen and oxygen atoms in total. The van der Waals surface area contributed by atoms with Gasteiger partial charge in [0.25, 0.3) is 0 Å². The highest BCUT2D eigenvalue weighted by Gasteiger charge is 2.30. The van der Waals surface area contributed by atoms with Gasteiger partial charge in [-0.1, -0.05) is 25.5 Å². The Labute approximate surface area is 75.8 Å². The zero-order valence-electron chi connectivity index (χ0n) is 8.68. The summed E-state index contributed by atoms with van der Waals surface area (Å²) >= 11 is 0. The fraction of sp³-hybridized carbons (Fsp3) is 0.818. The van der Waals surface area contributed by atoms with Gasteiger partial charge >= 0.3 is 0 Å². The highest BCUT2D eigenvalue weighted by molar-refractivity contribution is 5.05. The summed E-state index contributed by atoms with van der Waals surface area (Å²) in [5.41, 5.74) is 1.60. The Balaban J connectivity index is 2.63. The van der Waals surface area contributed by atoms with Gasteiger partial charge in [0.2, 0.25) is 0 Å². The molecule has 1 aliphatic heterocycles. The van der Waals surface area contributed by atoms with Crippen molar-refractivity contribution in [3.05, 3.63) is 11.6 Å². The van der Waals surface area contributed by atoms with Gasteiger partial charge in [-0.15, -0.1) is 0 Å². The first-order chi connectivity index (χ1) is 5.52. The molecule has 0 bridgehead atoms. The molecular formula is C11H20O. The summed E-state index contributed by atoms with van der Waals surface area (Å²) in [6, 6.07) is 0. The number of ether oxygens (including phenoxy) is 1. The van der Waals surface area contributed by atoms with E-state index >= 15 is 0 Å². The van der Waals surface area contributed by atoms with Crippen LogP contribution in [-0.4, -0.2) is 12.7 Å². The van der Waals surface area contributed by atoms with E-state index < -0.39 is 0 Å². The maximum Gasteiger partial charge on any atom is 0.0661 e. The number of rotatable bonds is 2. The van der Waals surface area contributed by atoms with Crippen molar-refractivity contribution in [2.75, 3.05) is 6.61 Å². The van der Waals surface area contributed by atoms with Gasteiger partial charge < -0.3 is 4.74 Å². The van der Waals surface area contributed by atoms with E-state index in [4.69, 9.17) is 4.74 Å². The smallest absolute Gasteiger partial charge is 0.0661 e. The second-order valence-corrected chi connectivity index (χ2v) is 4.54. The third kappa shape index (κ3) is 2.34. The Kier molecular flexibility index (Phi) is 2.94. The van der Waals surface area contributed by atoms with Crippen molar-refractivity contribution in [2.45, 2.75) is 46.6 Å². The SMILES string of the molecule is CC(C)=CC(C)(C)C1CCCO1. The molecule has 1 saturated heterocycles. The van der Waals surface area contributed by atoms with E-state index in [9.17, 15) is 0 Å². The first-order valence-electron chi connectivity index (χ1n) is 4.80. The molecule has 1 fully saturated rings. The molecule has 0 radical (unpaired) electrons. The molecular weight excluding hydrogens is 148 g/mol. The lowest BCUT2D eigenvalue weighted by Crippen LogP contribution is -2.26. The number of hydrogen-bond acceptors (Lipinski definition) is 1. The average molecular weight is 168 g/mol. The minimum Gasteiger partial charge on any atom is -0.377 e. The maximum atomic E-state index is 5.67. The first-order valence-corrected chi connectivity index (χ1v) is 4.80. The largest absolute Gasteiger partial charge is 0.377 e. The van der Waals surface area contributed by atoms with Crippen LogP contribution in [0.4, 0.5) is 0 Å². The van der Waals surface area contributed by atoms with Gasteiger partial charge in [-0.25, -0.2) is 0 Å². The van der Waals surface area contributed by atoms with Crippen molar-refractivity contribution in [3.63, 3.8) is 0 Å². The van der Waals surface area contributed by atoms with Crippen LogP contribution in [-0.2, 0) is 4.74 Å². The van der Waals surface area contributed by atoms with Crippen molar-refractivity contribution in [1.29, 1.82) is 0 Å². The summed E-state index contributed by atoms with van der Waals surface area (Å²) in [6.07, 6.45) is 5.21. The monoisotopic (exact) mass is 168 g/mol. The number of allylic oxidation sites excluding steroid dienone is 1. The molecule has 0 N–H and O–H groups in total. The first kappa shape index (κ1) is 9.79. The fourth-order valence-corrected chi connectivity index (χ4v) is 2.00. The summed E-state index contributed by atoms with van der Waals surface area (Å²) in [5, 5.41) is 0. The fourth-order valence-electron chi connectivity index (χ4n) is 2.00. The van der Waals surface area contributed by atoms with Crippen LogP contribution in [0.2, 0.25) is 0 Å². The van der Waals surface area contributed by atoms with Crippen LogP contribution >= 0.6 is 0 Å². The summed E-state index contributed by atoms with van der Waals surface area (Å²) in [4.78, 5) is 0. The standard InChI is InChI=1S/C11H20O/c1-9(2)8-11(3,4)10-6-5-7-12-10/h8,10H,5-7H2,1-4H3. The van der Waals surface area contributed by atoms with Crippen molar-refractivity contribution in [1.82, 2.24) is 0 Å². The highest BCUT2D eigenvalue weighted by atomic mass is 16.5. The van der Waals surface area contributed by atoms with E-state index in [0.717, 1.165) is 6.61 Å². The average Bonchev–Trinajstić information content (AvgIpc) is 2.32. The van der Waals surface area contributed by atoms with Crippen LogP contribution in [0.25, 0.3) is 0 Å². The second-order valence-electron chi connectivity index (χ2n) is 4.54. The normalized spacial score (nSPS) is 24.2. The van der Waals surface area contributed by atoms with E-state index in [1.54, 1.807) is 0 Å². The van der Waals surface area contributed by atoms with Crippen LogP contribution in [0.5, 0.6) is 0 Å². The highest BCUT2D eigenvalue weighted by Crippen LogP contribution is 2.32. The second kappa shape index (κ2) is 3.61. The Bertz CT molecular complexity index is 169. The van der Waals surface area contributed by atoms with Crippen LogP contribution in [0, 0.1) is 5.41 Å². The lowest BCUT2D eigenvalue weighted by atomic mass is 9.83. The molecule has 1 unspecified atom stereocenters. The van der Waals surface area contributed by atoms with Crippen LogP contribution in [0.1, 0.15) is 40.5 Å². The molecule has 1 heteroatoms. The third-order valence-electron chi connectivity index (χ3n) is 2.42. The molecule has 1 heterocycles. The molecule has 1 atom stereocenters. The van der Waals surface area contributed by atoms with E-state index in [2.05, 4.69) is 33.8 Å². The van der Waals surface area contributed by atoms with Crippen molar-refractivity contribution < 1.29 is 4.74 Å². The van der Waals surface area contributed by atoms with E-state index in [-0.39, 0.29) is 5.41 Å². The van der Waals surface area contributed by atoms with Crippen molar-refractivity contribution >= 4 is 0 Å². The molecule has 0 aliphatic carbocycles. The van der Waals surface area contributed by atoms with Crippen molar-refractivity contribution in [3.8, 4) is 0 Å². The van der Waals surface area contributed by atoms with Gasteiger partial charge in [0.1, 0.15) is 0 Å². The minimum atomic E-state index is 0.218. The van der Waals surface area contributed by atoms with Gasteiger partial charge in [0.05, 0.1) is 6.10 Å². The molecule has 1 aliphatic rings. The van der Waals surface area contributed by atoms with Gasteiger partial charge in [0, 0.05) is 12.0 Å². The summed E-state index contributed by atoms with van der Waals surface area (Å²) in [7, 11) is 0. The van der Waals surface area contributed by atoms with Crippen LogP contribution < -0.4 is 0 Å². The lowest BCUT2D eigenvalue weighted by molar-refractivity contribution is 0.0430. The van der Waals surface area contributed by atoms with Gasteiger partial charge in [-0.05, 0) is 26.7 Å². The third-order valence-corrected chi connectivity index (χ3v) is 2.42. The zero-order chi connectivity index (χ0) is 9.19. The topological polar surface area (TPSA) is 9.23 Å². The van der Waals surface area contributed by atoms with Crippen LogP contribution in [0.3, 0.4) is 0 Å². The molecule has 12 heavy (non-hydrogen) atoms. The van der Waals surface area contributed by atoms with Gasteiger partial charge in [-0.3, -0.25) is 0 Å². The molecule has 1 rings (SSSR count). The minimum absolute atomic E-state index is 0.218. The van der Waals surface area contributed by atoms with Crippen molar-refractivity contribution in [2.24, 2.45) is 5.41 Å². The Morgan fingerprint density at radius 2 is 2.08 bits per heavy atom.